The summed E-state index contributed by atoms with van der Waals surface area (Å²) in [5.41, 5.74) is 0.408. The Morgan fingerprint density at radius 2 is 1.76 bits per heavy atom. The highest BCUT2D eigenvalue weighted by atomic mass is 16.5. The van der Waals surface area contributed by atoms with E-state index in [0.717, 1.165) is 0 Å². The van der Waals surface area contributed by atoms with Crippen molar-refractivity contribution in [3.63, 3.8) is 0 Å². The fourth-order valence-corrected chi connectivity index (χ4v) is 1.10. The molecule has 1 rings (SSSR count). The molecule has 0 aliphatic carbocycles. The molecule has 0 aromatic heterocycles. The lowest BCUT2D eigenvalue weighted by atomic mass is 10.1. The van der Waals surface area contributed by atoms with Crippen molar-refractivity contribution >= 4 is 11.9 Å². The van der Waals surface area contributed by atoms with Gasteiger partial charge in [-0.05, 0) is 24.3 Å². The zero-order valence-corrected chi connectivity index (χ0v) is 9.42. The van der Waals surface area contributed by atoms with E-state index in [9.17, 15) is 9.59 Å². The molecule has 0 radical (unpaired) electrons. The third-order valence-electron chi connectivity index (χ3n) is 2.18. The number of aliphatic hydroxyl groups excluding tert-OH is 1. The standard InChI is InChI=1S/C12H14O5/c1-8(6-13)7-17-12(16)10-4-2-9(3-5-10)11(14)15/h2-5,8,13H,6-7H2,1H3,(H,14,15). The number of carboxylic acids is 1. The van der Waals surface area contributed by atoms with Crippen LogP contribution in [0.5, 0.6) is 0 Å². The smallest absolute Gasteiger partial charge is 0.338 e. The van der Waals surface area contributed by atoms with Gasteiger partial charge in [0.25, 0.3) is 0 Å². The van der Waals surface area contributed by atoms with Crippen molar-refractivity contribution in [1.82, 2.24) is 0 Å². The molecule has 0 bridgehead atoms. The number of esters is 1. The molecule has 0 aliphatic heterocycles. The van der Waals surface area contributed by atoms with Gasteiger partial charge in [0.2, 0.25) is 0 Å². The first-order chi connectivity index (χ1) is 8.04. The highest BCUT2D eigenvalue weighted by Crippen LogP contribution is 2.07. The number of hydrogen-bond donors (Lipinski definition) is 2. The number of hydrogen-bond acceptors (Lipinski definition) is 4. The lowest BCUT2D eigenvalue weighted by Crippen LogP contribution is -2.14. The number of carbonyl (C=O) groups excluding carboxylic acids is 1. The van der Waals surface area contributed by atoms with Crippen LogP contribution < -0.4 is 0 Å². The van der Waals surface area contributed by atoms with E-state index in [-0.39, 0.29) is 24.7 Å². The fourth-order valence-electron chi connectivity index (χ4n) is 1.10. The third kappa shape index (κ3) is 3.88. The van der Waals surface area contributed by atoms with Crippen molar-refractivity contribution in [2.24, 2.45) is 5.92 Å². The van der Waals surface area contributed by atoms with Crippen molar-refractivity contribution < 1.29 is 24.5 Å². The predicted molar refractivity (Wildman–Crippen MR) is 59.9 cm³/mol. The maximum absolute atomic E-state index is 11.5. The molecule has 1 atom stereocenters. The third-order valence-corrected chi connectivity index (χ3v) is 2.18. The van der Waals surface area contributed by atoms with Crippen molar-refractivity contribution in [2.45, 2.75) is 6.92 Å². The summed E-state index contributed by atoms with van der Waals surface area (Å²) in [6.07, 6.45) is 0. The van der Waals surface area contributed by atoms with Crippen LogP contribution in [0.1, 0.15) is 27.6 Å². The summed E-state index contributed by atoms with van der Waals surface area (Å²) in [6, 6.07) is 5.48. The van der Waals surface area contributed by atoms with Gasteiger partial charge >= 0.3 is 11.9 Å². The molecule has 0 saturated carbocycles. The molecule has 0 amide bonds. The Hall–Kier alpha value is -1.88. The van der Waals surface area contributed by atoms with Crippen molar-refractivity contribution in [3.8, 4) is 0 Å². The molecule has 1 aromatic rings. The summed E-state index contributed by atoms with van der Waals surface area (Å²) < 4.78 is 4.93. The van der Waals surface area contributed by atoms with Crippen LogP contribution in [0.15, 0.2) is 24.3 Å². The first kappa shape index (κ1) is 13.2. The fraction of sp³-hybridized carbons (Fsp3) is 0.333. The summed E-state index contributed by atoms with van der Waals surface area (Å²) in [5.74, 6) is -1.68. The average molecular weight is 238 g/mol. The van der Waals surface area contributed by atoms with E-state index in [2.05, 4.69) is 0 Å². The minimum absolute atomic E-state index is 0.0504. The van der Waals surface area contributed by atoms with Gasteiger partial charge in [0.05, 0.1) is 17.7 Å². The highest BCUT2D eigenvalue weighted by molar-refractivity contribution is 5.92. The first-order valence-corrected chi connectivity index (χ1v) is 5.16. The normalized spacial score (nSPS) is 11.9. The molecule has 17 heavy (non-hydrogen) atoms. The van der Waals surface area contributed by atoms with Gasteiger partial charge in [-0.1, -0.05) is 6.92 Å². The maximum atomic E-state index is 11.5. The Morgan fingerprint density at radius 3 is 2.24 bits per heavy atom. The van der Waals surface area contributed by atoms with Crippen molar-refractivity contribution in [1.29, 1.82) is 0 Å². The topological polar surface area (TPSA) is 83.8 Å². The van der Waals surface area contributed by atoms with Crippen LogP contribution in [0.4, 0.5) is 0 Å². The Bertz CT molecular complexity index is 396. The number of carbonyl (C=O) groups is 2. The zero-order chi connectivity index (χ0) is 12.8. The van der Waals surface area contributed by atoms with E-state index in [0.29, 0.717) is 5.56 Å². The van der Waals surface area contributed by atoms with Crippen molar-refractivity contribution in [3.05, 3.63) is 35.4 Å². The largest absolute Gasteiger partial charge is 0.478 e. The molecular formula is C12H14O5. The first-order valence-electron chi connectivity index (χ1n) is 5.16. The molecule has 0 aliphatic rings. The van der Waals surface area contributed by atoms with Gasteiger partial charge in [-0.3, -0.25) is 0 Å². The van der Waals surface area contributed by atoms with Gasteiger partial charge in [0, 0.05) is 12.5 Å². The Balaban J connectivity index is 2.61. The van der Waals surface area contributed by atoms with E-state index in [1.807, 2.05) is 0 Å². The van der Waals surface area contributed by atoms with Gasteiger partial charge in [0.15, 0.2) is 0 Å². The summed E-state index contributed by atoms with van der Waals surface area (Å²) in [7, 11) is 0. The molecule has 92 valence electrons. The monoisotopic (exact) mass is 238 g/mol. The Labute approximate surface area is 98.6 Å². The van der Waals surface area contributed by atoms with Crippen LogP contribution in [-0.4, -0.2) is 35.4 Å². The minimum Gasteiger partial charge on any atom is -0.478 e. The van der Waals surface area contributed by atoms with E-state index in [1.165, 1.54) is 24.3 Å². The van der Waals surface area contributed by atoms with Gasteiger partial charge in [0.1, 0.15) is 0 Å². The molecule has 0 fully saturated rings. The summed E-state index contributed by atoms with van der Waals surface area (Å²) in [5, 5.41) is 17.4. The van der Waals surface area contributed by atoms with E-state index in [1.54, 1.807) is 6.92 Å². The van der Waals surface area contributed by atoms with Crippen LogP contribution in [0.3, 0.4) is 0 Å². The lowest BCUT2D eigenvalue weighted by molar-refractivity contribution is 0.0404. The number of rotatable bonds is 5. The van der Waals surface area contributed by atoms with Crippen LogP contribution in [0.2, 0.25) is 0 Å². The van der Waals surface area contributed by atoms with Gasteiger partial charge < -0.3 is 14.9 Å². The number of ether oxygens (including phenoxy) is 1. The molecule has 0 saturated heterocycles. The zero-order valence-electron chi connectivity index (χ0n) is 9.42. The van der Waals surface area contributed by atoms with Crippen molar-refractivity contribution in [2.75, 3.05) is 13.2 Å². The summed E-state index contributed by atoms with van der Waals surface area (Å²) in [4.78, 5) is 22.1. The number of carboxylic acid groups (broad SMARTS) is 1. The maximum Gasteiger partial charge on any atom is 0.338 e. The number of benzene rings is 1. The second-order valence-corrected chi connectivity index (χ2v) is 3.77. The number of aromatic carboxylic acids is 1. The quantitative estimate of drug-likeness (QED) is 0.752. The Kier molecular flexibility index (Phi) is 4.66. The molecule has 2 N–H and O–H groups in total. The second-order valence-electron chi connectivity index (χ2n) is 3.77. The van der Waals surface area contributed by atoms with Gasteiger partial charge in [-0.15, -0.1) is 0 Å². The van der Waals surface area contributed by atoms with E-state index in [4.69, 9.17) is 14.9 Å². The molecule has 0 spiro atoms. The number of aliphatic hydroxyl groups is 1. The summed E-state index contributed by atoms with van der Waals surface area (Å²) in [6.45, 7) is 1.84. The average Bonchev–Trinajstić information content (AvgIpc) is 2.35. The SMILES string of the molecule is CC(CO)COC(=O)c1ccc(C(=O)O)cc1. The van der Waals surface area contributed by atoms with Crippen LogP contribution >= 0.6 is 0 Å². The minimum atomic E-state index is -1.04. The lowest BCUT2D eigenvalue weighted by Gasteiger charge is -2.08. The molecule has 5 nitrogen and oxygen atoms in total. The molecular weight excluding hydrogens is 224 g/mol. The molecule has 5 heteroatoms. The Morgan fingerprint density at radius 1 is 1.24 bits per heavy atom. The second kappa shape index (κ2) is 6.00. The van der Waals surface area contributed by atoms with E-state index < -0.39 is 11.9 Å². The molecule has 1 unspecified atom stereocenters. The van der Waals surface area contributed by atoms with Gasteiger partial charge in [-0.2, -0.15) is 0 Å². The summed E-state index contributed by atoms with van der Waals surface area (Å²) >= 11 is 0. The molecule has 1 aromatic carbocycles. The van der Waals surface area contributed by atoms with Gasteiger partial charge in [-0.25, -0.2) is 9.59 Å². The highest BCUT2D eigenvalue weighted by Gasteiger charge is 2.10. The molecule has 0 heterocycles. The van der Waals surface area contributed by atoms with Crippen LogP contribution in [-0.2, 0) is 4.74 Å². The van der Waals surface area contributed by atoms with E-state index >= 15 is 0 Å². The predicted octanol–water partition coefficient (Wildman–Crippen LogP) is 1.17. The van der Waals surface area contributed by atoms with Crippen LogP contribution in [0.25, 0.3) is 0 Å². The van der Waals surface area contributed by atoms with Crippen LogP contribution in [0, 0.1) is 5.92 Å².